The molecular formula is C31H34N4O. The number of benzene rings is 3. The van der Waals surface area contributed by atoms with Gasteiger partial charge in [0.1, 0.15) is 0 Å². The SMILES string of the molecule is CC(=O)C(c1ccccc1)N1Cc2ccccc2N(Cc2nc[nH]c2C)C(CCc2ccccc2)C1. The lowest BCUT2D eigenvalue weighted by Crippen LogP contribution is -2.44. The van der Waals surface area contributed by atoms with E-state index in [1.165, 1.54) is 16.8 Å². The van der Waals surface area contributed by atoms with Gasteiger partial charge in [-0.15, -0.1) is 0 Å². The first-order valence-electron chi connectivity index (χ1n) is 12.8. The maximum absolute atomic E-state index is 13.1. The number of fused-ring (bicyclic) bond motifs is 1. The molecule has 0 bridgehead atoms. The second-order valence-electron chi connectivity index (χ2n) is 9.76. The molecule has 0 saturated carbocycles. The Hall–Kier alpha value is -3.70. The number of aromatic amines is 1. The molecule has 4 aromatic rings. The molecule has 1 aromatic heterocycles. The van der Waals surface area contributed by atoms with Crippen molar-refractivity contribution in [1.29, 1.82) is 0 Å². The number of aromatic nitrogens is 2. The number of aryl methyl sites for hydroxylation is 2. The van der Waals surface area contributed by atoms with Crippen LogP contribution in [0, 0.1) is 6.92 Å². The molecule has 2 heterocycles. The monoisotopic (exact) mass is 478 g/mol. The Kier molecular flexibility index (Phi) is 7.28. The first-order chi connectivity index (χ1) is 17.6. The number of H-pyrrole nitrogens is 1. The third-order valence-corrected chi connectivity index (χ3v) is 7.29. The van der Waals surface area contributed by atoms with E-state index < -0.39 is 0 Å². The molecule has 0 aliphatic carbocycles. The number of nitrogens with one attached hydrogen (secondary N) is 1. The fourth-order valence-corrected chi connectivity index (χ4v) is 5.46. The zero-order valence-corrected chi connectivity index (χ0v) is 21.1. The molecule has 0 spiro atoms. The van der Waals surface area contributed by atoms with Crippen LogP contribution in [0.25, 0.3) is 0 Å². The maximum Gasteiger partial charge on any atom is 0.151 e. The van der Waals surface area contributed by atoms with Crippen LogP contribution in [-0.4, -0.2) is 33.2 Å². The zero-order chi connectivity index (χ0) is 24.9. The van der Waals surface area contributed by atoms with Gasteiger partial charge in [0.05, 0.1) is 24.6 Å². The minimum Gasteiger partial charge on any atom is -0.361 e. The van der Waals surface area contributed by atoms with E-state index in [4.69, 9.17) is 0 Å². The van der Waals surface area contributed by atoms with Gasteiger partial charge in [-0.25, -0.2) is 4.98 Å². The second kappa shape index (κ2) is 10.9. The average molecular weight is 479 g/mol. The molecule has 36 heavy (non-hydrogen) atoms. The summed E-state index contributed by atoms with van der Waals surface area (Å²) in [5.41, 5.74) is 7.03. The van der Waals surface area contributed by atoms with Crippen LogP contribution in [0.1, 0.15) is 47.5 Å². The van der Waals surface area contributed by atoms with Gasteiger partial charge in [0.2, 0.25) is 0 Å². The van der Waals surface area contributed by atoms with Crippen molar-refractivity contribution in [3.05, 3.63) is 119 Å². The third kappa shape index (κ3) is 5.26. The summed E-state index contributed by atoms with van der Waals surface area (Å²) in [4.78, 5) is 25.8. The molecular weight excluding hydrogens is 444 g/mol. The number of hydrogen-bond donors (Lipinski definition) is 1. The van der Waals surface area contributed by atoms with Crippen molar-refractivity contribution in [2.75, 3.05) is 11.4 Å². The fraction of sp³-hybridized carbons (Fsp3) is 0.290. The average Bonchev–Trinajstić information content (AvgIpc) is 3.23. The van der Waals surface area contributed by atoms with Crippen molar-refractivity contribution in [2.24, 2.45) is 0 Å². The summed E-state index contributed by atoms with van der Waals surface area (Å²) < 4.78 is 0. The van der Waals surface area contributed by atoms with E-state index in [0.29, 0.717) is 0 Å². The second-order valence-corrected chi connectivity index (χ2v) is 9.76. The van der Waals surface area contributed by atoms with Crippen LogP contribution in [0.2, 0.25) is 0 Å². The van der Waals surface area contributed by atoms with E-state index >= 15 is 0 Å². The van der Waals surface area contributed by atoms with Crippen LogP contribution in [0.15, 0.2) is 91.3 Å². The molecule has 0 saturated heterocycles. The molecule has 1 aliphatic rings. The van der Waals surface area contributed by atoms with E-state index in [9.17, 15) is 4.79 Å². The summed E-state index contributed by atoms with van der Waals surface area (Å²) in [5, 5.41) is 0. The van der Waals surface area contributed by atoms with Crippen molar-refractivity contribution in [2.45, 2.75) is 51.9 Å². The van der Waals surface area contributed by atoms with Gasteiger partial charge < -0.3 is 9.88 Å². The summed E-state index contributed by atoms with van der Waals surface area (Å²) >= 11 is 0. The molecule has 1 N–H and O–H groups in total. The number of para-hydroxylation sites is 1. The molecule has 184 valence electrons. The smallest absolute Gasteiger partial charge is 0.151 e. The Labute approximate surface area is 213 Å². The van der Waals surface area contributed by atoms with Crippen LogP contribution >= 0.6 is 0 Å². The van der Waals surface area contributed by atoms with Gasteiger partial charge in [-0.2, -0.15) is 0 Å². The van der Waals surface area contributed by atoms with Crippen LogP contribution < -0.4 is 4.90 Å². The Bertz CT molecular complexity index is 1280. The lowest BCUT2D eigenvalue weighted by Gasteiger charge is -2.36. The minimum absolute atomic E-state index is 0.178. The highest BCUT2D eigenvalue weighted by molar-refractivity contribution is 5.83. The quantitative estimate of drug-likeness (QED) is 0.344. The highest BCUT2D eigenvalue weighted by atomic mass is 16.1. The summed E-state index contributed by atoms with van der Waals surface area (Å²) in [6.45, 7) is 6.06. The normalized spacial score (nSPS) is 16.8. The lowest BCUT2D eigenvalue weighted by molar-refractivity contribution is -0.122. The van der Waals surface area contributed by atoms with Crippen molar-refractivity contribution < 1.29 is 4.79 Å². The van der Waals surface area contributed by atoms with E-state index in [1.54, 1.807) is 13.3 Å². The summed E-state index contributed by atoms with van der Waals surface area (Å²) in [6.07, 6.45) is 3.74. The Morgan fingerprint density at radius 2 is 1.69 bits per heavy atom. The lowest BCUT2D eigenvalue weighted by atomic mass is 9.99. The molecule has 1 aliphatic heterocycles. The van der Waals surface area contributed by atoms with Crippen molar-refractivity contribution in [1.82, 2.24) is 14.9 Å². The van der Waals surface area contributed by atoms with Crippen molar-refractivity contribution >= 4 is 11.5 Å². The molecule has 5 nitrogen and oxygen atoms in total. The Balaban J connectivity index is 1.55. The number of hydrogen-bond acceptors (Lipinski definition) is 4. The molecule has 0 fully saturated rings. The van der Waals surface area contributed by atoms with Gasteiger partial charge in [0.25, 0.3) is 0 Å². The number of carbonyl (C=O) groups excluding carboxylic acids is 1. The first kappa shape index (κ1) is 24.0. The van der Waals surface area contributed by atoms with Gasteiger partial charge in [-0.05, 0) is 49.4 Å². The van der Waals surface area contributed by atoms with Crippen molar-refractivity contribution in [3.8, 4) is 0 Å². The van der Waals surface area contributed by atoms with E-state index in [2.05, 4.69) is 93.4 Å². The largest absolute Gasteiger partial charge is 0.361 e. The van der Waals surface area contributed by atoms with E-state index in [-0.39, 0.29) is 17.9 Å². The number of nitrogens with zero attached hydrogens (tertiary/aromatic N) is 3. The van der Waals surface area contributed by atoms with Gasteiger partial charge in [0.15, 0.2) is 5.78 Å². The molecule has 3 aromatic carbocycles. The van der Waals surface area contributed by atoms with Gasteiger partial charge in [-0.3, -0.25) is 9.69 Å². The third-order valence-electron chi connectivity index (χ3n) is 7.29. The molecule has 2 unspecified atom stereocenters. The minimum atomic E-state index is -0.273. The Morgan fingerprint density at radius 1 is 1.00 bits per heavy atom. The molecule has 5 rings (SSSR count). The van der Waals surface area contributed by atoms with E-state index in [0.717, 1.165) is 49.4 Å². The van der Waals surface area contributed by atoms with Gasteiger partial charge >= 0.3 is 0 Å². The Morgan fingerprint density at radius 3 is 2.39 bits per heavy atom. The number of rotatable bonds is 8. The molecule has 2 atom stereocenters. The summed E-state index contributed by atoms with van der Waals surface area (Å²) in [6, 6.07) is 29.5. The highest BCUT2D eigenvalue weighted by Gasteiger charge is 2.34. The number of anilines is 1. The fourth-order valence-electron chi connectivity index (χ4n) is 5.46. The predicted molar refractivity (Wildman–Crippen MR) is 145 cm³/mol. The van der Waals surface area contributed by atoms with Crippen LogP contribution in [0.5, 0.6) is 0 Å². The van der Waals surface area contributed by atoms with Gasteiger partial charge in [0, 0.05) is 30.5 Å². The topological polar surface area (TPSA) is 52.2 Å². The van der Waals surface area contributed by atoms with Crippen LogP contribution in [-0.2, 0) is 24.3 Å². The molecule has 5 heteroatoms. The van der Waals surface area contributed by atoms with Crippen LogP contribution in [0.3, 0.4) is 0 Å². The number of Topliss-reactive ketones (excluding diaryl/α,β-unsaturated/α-hetero) is 1. The van der Waals surface area contributed by atoms with Crippen molar-refractivity contribution in [3.63, 3.8) is 0 Å². The number of ketones is 1. The maximum atomic E-state index is 13.1. The van der Waals surface area contributed by atoms with Gasteiger partial charge in [-0.1, -0.05) is 78.9 Å². The molecule has 0 amide bonds. The highest BCUT2D eigenvalue weighted by Crippen LogP contribution is 2.35. The van der Waals surface area contributed by atoms with E-state index in [1.807, 2.05) is 18.2 Å². The predicted octanol–water partition coefficient (Wildman–Crippen LogP) is 5.87. The summed E-state index contributed by atoms with van der Waals surface area (Å²) in [5.74, 6) is 0.178. The standard InChI is InChI=1S/C31H34N4O/c1-23-29(33-22-32-23)21-35-28(18-17-25-11-5-3-6-12-25)20-34(19-27-15-9-10-16-30(27)35)31(24(2)36)26-13-7-4-8-14-26/h3-16,22,28,31H,17-21H2,1-2H3,(H,32,33). The first-order valence-corrected chi connectivity index (χ1v) is 12.8. The number of imidazole rings is 1. The summed E-state index contributed by atoms with van der Waals surface area (Å²) in [7, 11) is 0. The van der Waals surface area contributed by atoms with Crippen LogP contribution in [0.4, 0.5) is 5.69 Å². The number of carbonyl (C=O) groups is 1. The zero-order valence-electron chi connectivity index (χ0n) is 21.1. The molecule has 0 radical (unpaired) electrons.